The molecule has 28 heavy (non-hydrogen) atoms. The van der Waals surface area contributed by atoms with E-state index in [-0.39, 0.29) is 17.7 Å². The highest BCUT2D eigenvalue weighted by molar-refractivity contribution is 5.95. The minimum atomic E-state index is -0.0691. The fraction of sp³-hybridized carbons (Fsp3) is 0.364. The highest BCUT2D eigenvalue weighted by Gasteiger charge is 2.28. The molecule has 2 aromatic rings. The van der Waals surface area contributed by atoms with E-state index in [4.69, 9.17) is 9.47 Å². The van der Waals surface area contributed by atoms with E-state index in [1.54, 1.807) is 37.3 Å². The van der Waals surface area contributed by atoms with E-state index >= 15 is 0 Å². The number of nitrogens with one attached hydrogen (secondary N) is 1. The average molecular weight is 382 g/mol. The molecule has 0 bridgehead atoms. The van der Waals surface area contributed by atoms with Crippen molar-refractivity contribution >= 4 is 11.8 Å². The predicted octanol–water partition coefficient (Wildman–Crippen LogP) is 2.87. The molecule has 1 saturated heterocycles. The Balaban J connectivity index is 1.54. The van der Waals surface area contributed by atoms with E-state index in [0.717, 1.165) is 5.56 Å². The third kappa shape index (κ3) is 4.82. The molecular formula is C22H26N2O4. The Morgan fingerprint density at radius 2 is 1.61 bits per heavy atom. The first-order chi connectivity index (χ1) is 13.6. The van der Waals surface area contributed by atoms with Crippen molar-refractivity contribution in [3.63, 3.8) is 0 Å². The van der Waals surface area contributed by atoms with E-state index in [2.05, 4.69) is 5.32 Å². The zero-order valence-electron chi connectivity index (χ0n) is 16.3. The van der Waals surface area contributed by atoms with Crippen LogP contribution in [0.2, 0.25) is 0 Å². The van der Waals surface area contributed by atoms with Crippen LogP contribution in [0.5, 0.6) is 11.5 Å². The summed E-state index contributed by atoms with van der Waals surface area (Å²) in [5.41, 5.74) is 1.61. The quantitative estimate of drug-likeness (QED) is 0.834. The lowest BCUT2D eigenvalue weighted by atomic mass is 9.95. The Hall–Kier alpha value is -3.02. The number of methoxy groups -OCH3 is 2. The summed E-state index contributed by atoms with van der Waals surface area (Å²) in [5.74, 6) is 1.09. The summed E-state index contributed by atoms with van der Waals surface area (Å²) in [7, 11) is 3.12. The number of likely N-dealkylation sites (tertiary alicyclic amines) is 1. The van der Waals surface area contributed by atoms with Crippen LogP contribution >= 0.6 is 0 Å². The number of piperidine rings is 1. The molecular weight excluding hydrogens is 356 g/mol. The average Bonchev–Trinajstić information content (AvgIpc) is 2.77. The third-order valence-electron chi connectivity index (χ3n) is 5.06. The maximum Gasteiger partial charge on any atom is 0.254 e. The van der Waals surface area contributed by atoms with Crippen molar-refractivity contribution in [1.82, 2.24) is 10.2 Å². The van der Waals surface area contributed by atoms with Crippen LogP contribution in [0, 0.1) is 5.92 Å². The van der Waals surface area contributed by atoms with Gasteiger partial charge in [0.1, 0.15) is 11.5 Å². The predicted molar refractivity (Wildman–Crippen MR) is 106 cm³/mol. The lowest BCUT2D eigenvalue weighted by Crippen LogP contribution is -2.42. The van der Waals surface area contributed by atoms with Crippen molar-refractivity contribution in [2.45, 2.75) is 19.4 Å². The molecule has 6 nitrogen and oxygen atoms in total. The molecule has 1 heterocycles. The third-order valence-corrected chi connectivity index (χ3v) is 5.06. The summed E-state index contributed by atoms with van der Waals surface area (Å²) in [6, 6.07) is 15.0. The first kappa shape index (κ1) is 19.7. The molecule has 2 amide bonds. The van der Waals surface area contributed by atoms with Crippen LogP contribution in [0.3, 0.4) is 0 Å². The van der Waals surface area contributed by atoms with Crippen LogP contribution in [0.25, 0.3) is 0 Å². The van der Waals surface area contributed by atoms with Crippen molar-refractivity contribution in [3.05, 3.63) is 59.7 Å². The fourth-order valence-electron chi connectivity index (χ4n) is 3.39. The molecule has 2 aromatic carbocycles. The molecule has 0 unspecified atom stereocenters. The maximum atomic E-state index is 12.8. The Morgan fingerprint density at radius 1 is 1.00 bits per heavy atom. The van der Waals surface area contributed by atoms with Gasteiger partial charge in [0.15, 0.2) is 0 Å². The van der Waals surface area contributed by atoms with Gasteiger partial charge in [-0.05, 0) is 30.5 Å². The first-order valence-corrected chi connectivity index (χ1v) is 9.44. The van der Waals surface area contributed by atoms with Gasteiger partial charge < -0.3 is 19.7 Å². The zero-order valence-corrected chi connectivity index (χ0v) is 16.3. The first-order valence-electron chi connectivity index (χ1n) is 9.44. The number of hydrogen-bond donors (Lipinski definition) is 1. The Kier molecular flexibility index (Phi) is 6.53. The van der Waals surface area contributed by atoms with Gasteiger partial charge in [0.2, 0.25) is 5.91 Å². The Bertz CT molecular complexity index is 792. The second-order valence-electron chi connectivity index (χ2n) is 6.87. The molecule has 0 atom stereocenters. The van der Waals surface area contributed by atoms with E-state index < -0.39 is 0 Å². The number of benzene rings is 2. The van der Waals surface area contributed by atoms with Gasteiger partial charge in [0.25, 0.3) is 5.91 Å². The summed E-state index contributed by atoms with van der Waals surface area (Å²) in [4.78, 5) is 27.1. The molecule has 0 aromatic heterocycles. The molecule has 1 aliphatic rings. The summed E-state index contributed by atoms with van der Waals surface area (Å²) in [6.07, 6.45) is 1.32. The number of rotatable bonds is 6. The molecule has 6 heteroatoms. The van der Waals surface area contributed by atoms with Gasteiger partial charge in [0, 0.05) is 37.2 Å². The normalized spacial score (nSPS) is 14.4. The van der Waals surface area contributed by atoms with Crippen LogP contribution < -0.4 is 14.8 Å². The van der Waals surface area contributed by atoms with Gasteiger partial charge in [-0.2, -0.15) is 0 Å². The lowest BCUT2D eigenvalue weighted by Gasteiger charge is -2.31. The molecule has 0 aliphatic carbocycles. The van der Waals surface area contributed by atoms with Crippen molar-refractivity contribution < 1.29 is 19.1 Å². The van der Waals surface area contributed by atoms with Crippen LogP contribution in [0.15, 0.2) is 48.5 Å². The highest BCUT2D eigenvalue weighted by Crippen LogP contribution is 2.25. The van der Waals surface area contributed by atoms with Crippen LogP contribution in [0.1, 0.15) is 28.8 Å². The number of amides is 2. The molecule has 0 saturated carbocycles. The highest BCUT2D eigenvalue weighted by atomic mass is 16.5. The van der Waals surface area contributed by atoms with Gasteiger partial charge >= 0.3 is 0 Å². The molecule has 148 valence electrons. The largest absolute Gasteiger partial charge is 0.497 e. The number of carbonyl (C=O) groups excluding carboxylic acids is 2. The maximum absolute atomic E-state index is 12.8. The SMILES string of the molecule is COc1cc(OC)cc(C(=O)N2CCC(C(=O)NCc3ccccc3)CC2)c1. The van der Waals surface area contributed by atoms with E-state index in [0.29, 0.717) is 49.5 Å². The van der Waals surface area contributed by atoms with E-state index in [1.807, 2.05) is 30.3 Å². The molecule has 0 spiro atoms. The van der Waals surface area contributed by atoms with Crippen molar-refractivity contribution in [2.75, 3.05) is 27.3 Å². The summed E-state index contributed by atoms with van der Waals surface area (Å²) < 4.78 is 10.5. The second kappa shape index (κ2) is 9.26. The van der Waals surface area contributed by atoms with Gasteiger partial charge in [0.05, 0.1) is 14.2 Å². The number of ether oxygens (including phenoxy) is 2. The van der Waals surface area contributed by atoms with E-state index in [9.17, 15) is 9.59 Å². The molecule has 1 aliphatic heterocycles. The Labute approximate surface area is 165 Å². The van der Waals surface area contributed by atoms with E-state index in [1.165, 1.54) is 0 Å². The van der Waals surface area contributed by atoms with Gasteiger partial charge in [-0.15, -0.1) is 0 Å². The summed E-state index contributed by atoms with van der Waals surface area (Å²) >= 11 is 0. The molecule has 1 N–H and O–H groups in total. The number of nitrogens with zero attached hydrogens (tertiary/aromatic N) is 1. The monoisotopic (exact) mass is 382 g/mol. The zero-order chi connectivity index (χ0) is 19.9. The molecule has 3 rings (SSSR count). The van der Waals surface area contributed by atoms with Gasteiger partial charge in [-0.3, -0.25) is 9.59 Å². The Morgan fingerprint density at radius 3 is 2.18 bits per heavy atom. The van der Waals surface area contributed by atoms with Crippen molar-refractivity contribution in [2.24, 2.45) is 5.92 Å². The van der Waals surface area contributed by atoms with Gasteiger partial charge in [-0.25, -0.2) is 0 Å². The van der Waals surface area contributed by atoms with Crippen molar-refractivity contribution in [1.29, 1.82) is 0 Å². The lowest BCUT2D eigenvalue weighted by molar-refractivity contribution is -0.126. The minimum absolute atomic E-state index is 0.0546. The van der Waals surface area contributed by atoms with Gasteiger partial charge in [-0.1, -0.05) is 30.3 Å². The topological polar surface area (TPSA) is 67.9 Å². The summed E-state index contributed by atoms with van der Waals surface area (Å²) in [6.45, 7) is 1.64. The number of carbonyl (C=O) groups is 2. The van der Waals surface area contributed by atoms with Crippen molar-refractivity contribution in [3.8, 4) is 11.5 Å². The smallest absolute Gasteiger partial charge is 0.254 e. The second-order valence-corrected chi connectivity index (χ2v) is 6.87. The summed E-state index contributed by atoms with van der Waals surface area (Å²) in [5, 5.41) is 3.00. The minimum Gasteiger partial charge on any atom is -0.497 e. The van der Waals surface area contributed by atoms with Crippen LogP contribution in [0.4, 0.5) is 0 Å². The van der Waals surface area contributed by atoms with Crippen LogP contribution in [-0.2, 0) is 11.3 Å². The molecule has 0 radical (unpaired) electrons. The number of hydrogen-bond acceptors (Lipinski definition) is 4. The fourth-order valence-corrected chi connectivity index (χ4v) is 3.39. The molecule has 1 fully saturated rings. The van der Waals surface area contributed by atoms with Crippen LogP contribution in [-0.4, -0.2) is 44.0 Å². The standard InChI is InChI=1S/C22H26N2O4/c1-27-19-12-18(13-20(14-19)28-2)22(26)24-10-8-17(9-11-24)21(25)23-15-16-6-4-3-5-7-16/h3-7,12-14,17H,8-11,15H2,1-2H3,(H,23,25).